The smallest absolute Gasteiger partial charge is 0.233 e. The molecule has 3 nitrogen and oxygen atoms in total. The molecule has 0 spiro atoms. The van der Waals surface area contributed by atoms with Crippen molar-refractivity contribution in [1.82, 2.24) is 4.98 Å². The molecule has 0 unspecified atom stereocenters. The number of aromatic nitrogens is 1. The summed E-state index contributed by atoms with van der Waals surface area (Å²) in [6, 6.07) is 8.75. The van der Waals surface area contributed by atoms with Gasteiger partial charge in [-0.25, -0.2) is 8.42 Å². The molecule has 14 heavy (non-hydrogen) atoms. The van der Waals surface area contributed by atoms with Gasteiger partial charge in [0.2, 0.25) is 7.01 Å². The van der Waals surface area contributed by atoms with Crippen LogP contribution >= 0.6 is 21.2 Å². The second-order valence-corrected chi connectivity index (χ2v) is 7.56. The lowest BCUT2D eigenvalue weighted by Crippen LogP contribution is -1.92. The number of nitrogens with zero attached hydrogens (tertiary/aromatic N) is 1. The Hall–Kier alpha value is -0.690. The number of hydrogen-bond acceptors (Lipinski definition) is 3. The van der Waals surface area contributed by atoms with E-state index in [1.54, 1.807) is 24.4 Å². The molecule has 0 N–H and O–H groups in total. The maximum absolute atomic E-state index is 11.4. The lowest BCUT2D eigenvalue weighted by Gasteiger charge is -2.01. The molecular formula is C9H6INO2S. The molecule has 0 bridgehead atoms. The van der Waals surface area contributed by atoms with Crippen molar-refractivity contribution in [3.8, 4) is 0 Å². The maximum Gasteiger partial charge on any atom is 0.233 e. The van der Waals surface area contributed by atoms with Gasteiger partial charge in [-0.15, -0.1) is 0 Å². The number of para-hydroxylation sites is 1. The van der Waals surface area contributed by atoms with Crippen molar-refractivity contribution in [1.29, 1.82) is 0 Å². The van der Waals surface area contributed by atoms with Gasteiger partial charge in [0.05, 0.1) is 26.7 Å². The number of halogens is 1. The first-order valence-corrected chi connectivity index (χ1v) is 7.90. The van der Waals surface area contributed by atoms with Crippen LogP contribution < -0.4 is 0 Å². The first-order chi connectivity index (χ1) is 6.59. The summed E-state index contributed by atoms with van der Waals surface area (Å²) in [5, 5.41) is 0.838. The largest absolute Gasteiger partial charge is 0.255 e. The monoisotopic (exact) mass is 319 g/mol. The Morgan fingerprint density at radius 3 is 2.57 bits per heavy atom. The van der Waals surface area contributed by atoms with Gasteiger partial charge in [0.1, 0.15) is 4.90 Å². The Morgan fingerprint density at radius 2 is 1.86 bits per heavy atom. The van der Waals surface area contributed by atoms with Gasteiger partial charge in [-0.2, -0.15) is 0 Å². The van der Waals surface area contributed by atoms with Crippen LogP contribution in [0.15, 0.2) is 41.4 Å². The predicted molar refractivity (Wildman–Crippen MR) is 62.9 cm³/mol. The van der Waals surface area contributed by atoms with Crippen LogP contribution in [0.4, 0.5) is 0 Å². The Labute approximate surface area is 93.7 Å². The van der Waals surface area contributed by atoms with Crippen LogP contribution in [-0.2, 0) is 7.01 Å². The van der Waals surface area contributed by atoms with Gasteiger partial charge in [0.15, 0.2) is 0 Å². The van der Waals surface area contributed by atoms with Gasteiger partial charge >= 0.3 is 0 Å². The molecular weight excluding hydrogens is 313 g/mol. The van der Waals surface area contributed by atoms with E-state index in [-0.39, 0.29) is 4.90 Å². The fourth-order valence-electron chi connectivity index (χ4n) is 1.27. The highest BCUT2D eigenvalue weighted by molar-refractivity contribution is 14.2. The van der Waals surface area contributed by atoms with Crippen LogP contribution in [0, 0.1) is 0 Å². The first-order valence-electron chi connectivity index (χ1n) is 3.87. The number of hydrogen-bond donors (Lipinski definition) is 0. The lowest BCUT2D eigenvalue weighted by atomic mass is 10.2. The van der Waals surface area contributed by atoms with Crippen molar-refractivity contribution in [3.63, 3.8) is 0 Å². The summed E-state index contributed by atoms with van der Waals surface area (Å²) in [5.74, 6) is 0. The van der Waals surface area contributed by atoms with E-state index in [4.69, 9.17) is 0 Å². The van der Waals surface area contributed by atoms with Crippen molar-refractivity contribution in [3.05, 3.63) is 36.5 Å². The number of pyridine rings is 1. The second kappa shape index (κ2) is 3.47. The summed E-state index contributed by atoms with van der Waals surface area (Å²) in [5.41, 5.74) is 0.532. The average molecular weight is 319 g/mol. The molecule has 0 atom stereocenters. The van der Waals surface area contributed by atoms with Gasteiger partial charge in [-0.05, 0) is 12.1 Å². The molecule has 0 radical (unpaired) electrons. The topological polar surface area (TPSA) is 47.0 Å². The molecule has 2 rings (SSSR count). The minimum absolute atomic E-state index is 0.274. The molecule has 1 aromatic heterocycles. The summed E-state index contributed by atoms with van der Waals surface area (Å²) >= 11 is 1.42. The van der Waals surface area contributed by atoms with Crippen molar-refractivity contribution in [2.24, 2.45) is 0 Å². The summed E-state index contributed by atoms with van der Waals surface area (Å²) < 4.78 is 22.8. The van der Waals surface area contributed by atoms with Crippen molar-refractivity contribution < 1.29 is 8.42 Å². The molecule has 0 saturated carbocycles. The Kier molecular flexibility index (Phi) is 2.44. The van der Waals surface area contributed by atoms with Gasteiger partial charge < -0.3 is 0 Å². The highest BCUT2D eigenvalue weighted by Gasteiger charge is 2.13. The summed E-state index contributed by atoms with van der Waals surface area (Å²) in [6.45, 7) is 0. The zero-order valence-electron chi connectivity index (χ0n) is 7.01. The van der Waals surface area contributed by atoms with Crippen molar-refractivity contribution >= 4 is 39.1 Å². The van der Waals surface area contributed by atoms with Crippen LogP contribution in [0.25, 0.3) is 10.9 Å². The molecule has 0 saturated heterocycles. The zero-order valence-corrected chi connectivity index (χ0v) is 9.99. The quantitative estimate of drug-likeness (QED) is 0.599. The van der Waals surface area contributed by atoms with E-state index in [0.717, 1.165) is 5.39 Å². The standard InChI is InChI=1S/C9H6INO2S/c10-14(12,13)8-5-1-3-7-4-2-6-11-9(7)8/h1-6H. The molecule has 0 fully saturated rings. The molecule has 72 valence electrons. The SMILES string of the molecule is O=S(=O)(I)c1cccc2cccnc12. The first kappa shape index (κ1) is 9.85. The second-order valence-electron chi connectivity index (χ2n) is 2.77. The van der Waals surface area contributed by atoms with E-state index >= 15 is 0 Å². The van der Waals surface area contributed by atoms with Crippen LogP contribution in [0.3, 0.4) is 0 Å². The predicted octanol–water partition coefficient (Wildman–Crippen LogP) is 2.36. The summed E-state index contributed by atoms with van der Waals surface area (Å²) in [4.78, 5) is 4.34. The molecule has 0 amide bonds. The fraction of sp³-hybridized carbons (Fsp3) is 0. The molecule has 5 heteroatoms. The third-order valence-corrected chi connectivity index (χ3v) is 4.14. The third kappa shape index (κ3) is 1.74. The van der Waals surface area contributed by atoms with E-state index in [2.05, 4.69) is 4.98 Å². The van der Waals surface area contributed by atoms with Gasteiger partial charge in [0.25, 0.3) is 0 Å². The summed E-state index contributed by atoms with van der Waals surface area (Å²) in [6.07, 6.45) is 1.59. The number of rotatable bonds is 1. The summed E-state index contributed by atoms with van der Waals surface area (Å²) in [7, 11) is -3.22. The number of benzene rings is 1. The number of fused-ring (bicyclic) bond motifs is 1. The van der Waals surface area contributed by atoms with Gasteiger partial charge in [0, 0.05) is 11.6 Å². The van der Waals surface area contributed by atoms with E-state index in [0.29, 0.717) is 5.52 Å². The third-order valence-electron chi connectivity index (χ3n) is 1.86. The van der Waals surface area contributed by atoms with Crippen LogP contribution in [-0.4, -0.2) is 13.4 Å². The molecule has 1 heterocycles. The lowest BCUT2D eigenvalue weighted by molar-refractivity contribution is 0.613. The van der Waals surface area contributed by atoms with E-state index in [1.165, 1.54) is 21.2 Å². The van der Waals surface area contributed by atoms with Crippen molar-refractivity contribution in [2.45, 2.75) is 4.90 Å². The normalized spacial score (nSPS) is 11.8. The van der Waals surface area contributed by atoms with E-state index < -0.39 is 7.01 Å². The molecule has 0 aliphatic rings. The van der Waals surface area contributed by atoms with Gasteiger partial charge in [-0.1, -0.05) is 18.2 Å². The average Bonchev–Trinajstić information content (AvgIpc) is 2.15. The Morgan fingerprint density at radius 1 is 1.14 bits per heavy atom. The van der Waals surface area contributed by atoms with Crippen LogP contribution in [0.2, 0.25) is 0 Å². The molecule has 2 aromatic rings. The zero-order chi connectivity index (χ0) is 10.2. The highest BCUT2D eigenvalue weighted by atomic mass is 127. The van der Waals surface area contributed by atoms with E-state index in [1.807, 2.05) is 12.1 Å². The molecule has 0 aliphatic carbocycles. The van der Waals surface area contributed by atoms with Crippen LogP contribution in [0.1, 0.15) is 0 Å². The van der Waals surface area contributed by atoms with E-state index in [9.17, 15) is 8.42 Å². The van der Waals surface area contributed by atoms with Gasteiger partial charge in [-0.3, -0.25) is 4.98 Å². The minimum Gasteiger partial charge on any atom is -0.255 e. The fourth-order valence-corrected chi connectivity index (χ4v) is 2.98. The maximum atomic E-state index is 11.4. The highest BCUT2D eigenvalue weighted by Crippen LogP contribution is 2.24. The molecule has 1 aromatic carbocycles. The minimum atomic E-state index is -3.22. The van der Waals surface area contributed by atoms with Crippen LogP contribution in [0.5, 0.6) is 0 Å². The Balaban J connectivity index is 2.92. The Bertz CT molecular complexity index is 575. The van der Waals surface area contributed by atoms with Crippen molar-refractivity contribution in [2.75, 3.05) is 0 Å². The molecule has 0 aliphatic heterocycles.